The molecular weight excluding hydrogens is 283 g/mol. The van der Waals surface area contributed by atoms with E-state index in [0.29, 0.717) is 6.54 Å². The van der Waals surface area contributed by atoms with Crippen LogP contribution >= 0.6 is 0 Å². The van der Waals surface area contributed by atoms with E-state index in [2.05, 4.69) is 11.8 Å². The van der Waals surface area contributed by atoms with Crippen molar-refractivity contribution in [2.75, 3.05) is 25.5 Å². The van der Waals surface area contributed by atoms with Crippen LogP contribution in [0.15, 0.2) is 18.2 Å². The maximum Gasteiger partial charge on any atom is 0.320 e. The van der Waals surface area contributed by atoms with Crippen molar-refractivity contribution >= 4 is 11.7 Å². The van der Waals surface area contributed by atoms with Gasteiger partial charge < -0.3 is 10.0 Å². The summed E-state index contributed by atoms with van der Waals surface area (Å²) < 4.78 is 13.6. The summed E-state index contributed by atoms with van der Waals surface area (Å²) in [5.41, 5.74) is 1.77. The average molecular weight is 310 g/mol. The lowest BCUT2D eigenvalue weighted by Crippen LogP contribution is -2.35. The molecule has 0 fully saturated rings. The van der Waals surface area contributed by atoms with E-state index in [-0.39, 0.29) is 5.82 Å². The predicted octanol–water partition coefficient (Wildman–Crippen LogP) is 3.36. The molecule has 0 aliphatic carbocycles. The summed E-state index contributed by atoms with van der Waals surface area (Å²) in [7, 11) is 3.73. The Morgan fingerprint density at radius 1 is 1.32 bits per heavy atom. The summed E-state index contributed by atoms with van der Waals surface area (Å²) in [5, 5.41) is 9.08. The zero-order chi connectivity index (χ0) is 16.7. The van der Waals surface area contributed by atoms with Gasteiger partial charge in [-0.2, -0.15) is 0 Å². The van der Waals surface area contributed by atoms with Gasteiger partial charge in [-0.3, -0.25) is 9.69 Å². The highest BCUT2D eigenvalue weighted by atomic mass is 19.1. The lowest BCUT2D eigenvalue weighted by molar-refractivity contribution is -0.142. The van der Waals surface area contributed by atoms with Gasteiger partial charge in [-0.1, -0.05) is 19.8 Å². The summed E-state index contributed by atoms with van der Waals surface area (Å²) in [6.45, 7) is 5.10. The third kappa shape index (κ3) is 5.30. The topological polar surface area (TPSA) is 43.8 Å². The van der Waals surface area contributed by atoms with Gasteiger partial charge in [0, 0.05) is 25.8 Å². The Balaban J connectivity index is 2.88. The fourth-order valence-electron chi connectivity index (χ4n) is 2.37. The number of anilines is 1. The molecule has 0 heterocycles. The SMILES string of the molecule is CCCCCN(C)c1ccc(F)cc1CN(C)C(C)C(=O)O. The van der Waals surface area contributed by atoms with Gasteiger partial charge in [0.25, 0.3) is 0 Å². The number of unbranched alkanes of at least 4 members (excludes halogenated alkanes) is 2. The van der Waals surface area contributed by atoms with E-state index in [1.807, 2.05) is 7.05 Å². The highest BCUT2D eigenvalue weighted by Gasteiger charge is 2.19. The lowest BCUT2D eigenvalue weighted by Gasteiger charge is -2.26. The van der Waals surface area contributed by atoms with E-state index in [4.69, 9.17) is 5.11 Å². The molecule has 0 amide bonds. The molecule has 0 radical (unpaired) electrons. The minimum absolute atomic E-state index is 0.294. The fraction of sp³-hybridized carbons (Fsp3) is 0.588. The summed E-state index contributed by atoms with van der Waals surface area (Å²) in [6.07, 6.45) is 3.41. The van der Waals surface area contributed by atoms with Crippen molar-refractivity contribution in [2.45, 2.75) is 45.7 Å². The highest BCUT2D eigenvalue weighted by molar-refractivity contribution is 5.72. The molecule has 0 aromatic heterocycles. The molecule has 0 spiro atoms. The predicted molar refractivity (Wildman–Crippen MR) is 87.8 cm³/mol. The molecule has 22 heavy (non-hydrogen) atoms. The van der Waals surface area contributed by atoms with Crippen molar-refractivity contribution in [1.82, 2.24) is 4.90 Å². The molecule has 1 aromatic carbocycles. The molecule has 1 rings (SSSR count). The van der Waals surface area contributed by atoms with Crippen LogP contribution in [0.2, 0.25) is 0 Å². The smallest absolute Gasteiger partial charge is 0.320 e. The molecular formula is C17H27FN2O2. The van der Waals surface area contributed by atoms with Crippen LogP contribution in [0.25, 0.3) is 0 Å². The van der Waals surface area contributed by atoms with Crippen molar-refractivity contribution in [3.63, 3.8) is 0 Å². The van der Waals surface area contributed by atoms with Crippen molar-refractivity contribution < 1.29 is 14.3 Å². The van der Waals surface area contributed by atoms with Crippen LogP contribution in [0.1, 0.15) is 38.7 Å². The Morgan fingerprint density at radius 2 is 2.00 bits per heavy atom. The normalized spacial score (nSPS) is 12.5. The molecule has 0 aliphatic heterocycles. The van der Waals surface area contributed by atoms with E-state index in [0.717, 1.165) is 37.1 Å². The second-order valence-corrected chi connectivity index (χ2v) is 5.83. The molecule has 1 aromatic rings. The third-order valence-corrected chi connectivity index (χ3v) is 3.99. The number of likely N-dealkylation sites (N-methyl/N-ethyl adjacent to an activating group) is 1. The minimum Gasteiger partial charge on any atom is -0.480 e. The van der Waals surface area contributed by atoms with Gasteiger partial charge in [0.05, 0.1) is 0 Å². The molecule has 1 atom stereocenters. The Bertz CT molecular complexity index is 494. The molecule has 0 saturated carbocycles. The number of benzene rings is 1. The molecule has 4 nitrogen and oxygen atoms in total. The maximum atomic E-state index is 13.6. The first-order valence-corrected chi connectivity index (χ1v) is 7.79. The first-order chi connectivity index (χ1) is 10.4. The average Bonchev–Trinajstić information content (AvgIpc) is 2.46. The van der Waals surface area contributed by atoms with Gasteiger partial charge in [-0.15, -0.1) is 0 Å². The molecule has 0 bridgehead atoms. The van der Waals surface area contributed by atoms with Crippen LogP contribution < -0.4 is 4.90 Å². The van der Waals surface area contributed by atoms with Crippen molar-refractivity contribution in [1.29, 1.82) is 0 Å². The summed E-state index contributed by atoms with van der Waals surface area (Å²) in [4.78, 5) is 14.9. The van der Waals surface area contributed by atoms with Crippen LogP contribution in [-0.2, 0) is 11.3 Å². The van der Waals surface area contributed by atoms with Crippen LogP contribution in [0.3, 0.4) is 0 Å². The van der Waals surface area contributed by atoms with E-state index >= 15 is 0 Å². The number of halogens is 1. The molecule has 1 N–H and O–H groups in total. The Hall–Kier alpha value is -1.62. The van der Waals surface area contributed by atoms with E-state index in [1.54, 1.807) is 24.9 Å². The molecule has 124 valence electrons. The first kappa shape index (κ1) is 18.4. The molecule has 0 aliphatic rings. The largest absolute Gasteiger partial charge is 0.480 e. The second-order valence-electron chi connectivity index (χ2n) is 5.83. The van der Waals surface area contributed by atoms with Crippen LogP contribution in [0, 0.1) is 5.82 Å². The number of carboxylic acid groups (broad SMARTS) is 1. The second kappa shape index (κ2) is 8.73. The summed E-state index contributed by atoms with van der Waals surface area (Å²) in [5.74, 6) is -1.17. The van der Waals surface area contributed by atoms with Crippen molar-refractivity contribution in [3.8, 4) is 0 Å². The number of aliphatic carboxylic acids is 1. The van der Waals surface area contributed by atoms with Crippen molar-refractivity contribution in [3.05, 3.63) is 29.6 Å². The van der Waals surface area contributed by atoms with Gasteiger partial charge in [0.15, 0.2) is 0 Å². The quantitative estimate of drug-likeness (QED) is 0.710. The van der Waals surface area contributed by atoms with Crippen molar-refractivity contribution in [2.24, 2.45) is 0 Å². The zero-order valence-electron chi connectivity index (χ0n) is 14.0. The Labute approximate surface area is 132 Å². The Kier molecular flexibility index (Phi) is 7.32. The van der Waals surface area contributed by atoms with E-state index in [9.17, 15) is 9.18 Å². The number of rotatable bonds is 9. The summed E-state index contributed by atoms with van der Waals surface area (Å²) >= 11 is 0. The van der Waals surface area contributed by atoms with Gasteiger partial charge in [-0.25, -0.2) is 4.39 Å². The number of hydrogen-bond donors (Lipinski definition) is 1. The van der Waals surface area contributed by atoms with E-state index in [1.165, 1.54) is 12.1 Å². The van der Waals surface area contributed by atoms with Crippen LogP contribution in [0.4, 0.5) is 10.1 Å². The first-order valence-electron chi connectivity index (χ1n) is 7.79. The van der Waals surface area contributed by atoms with Gasteiger partial charge in [-0.05, 0) is 44.2 Å². The standard InChI is InChI=1S/C17H27FN2O2/c1-5-6-7-10-19(3)16-9-8-15(18)11-14(16)12-20(4)13(2)17(21)22/h8-9,11,13H,5-7,10,12H2,1-4H3,(H,21,22). The summed E-state index contributed by atoms with van der Waals surface area (Å²) in [6, 6.07) is 4.11. The fourth-order valence-corrected chi connectivity index (χ4v) is 2.37. The maximum absolute atomic E-state index is 13.6. The van der Waals surface area contributed by atoms with Gasteiger partial charge in [0.1, 0.15) is 11.9 Å². The number of carboxylic acids is 1. The lowest BCUT2D eigenvalue weighted by atomic mass is 10.1. The monoisotopic (exact) mass is 310 g/mol. The number of carbonyl (C=O) groups is 1. The van der Waals surface area contributed by atoms with Gasteiger partial charge >= 0.3 is 5.97 Å². The number of hydrogen-bond acceptors (Lipinski definition) is 3. The zero-order valence-corrected chi connectivity index (χ0v) is 14.0. The highest BCUT2D eigenvalue weighted by Crippen LogP contribution is 2.23. The van der Waals surface area contributed by atoms with E-state index < -0.39 is 12.0 Å². The number of nitrogens with zero attached hydrogens (tertiary/aromatic N) is 2. The van der Waals surface area contributed by atoms with Gasteiger partial charge in [0.2, 0.25) is 0 Å². The molecule has 1 unspecified atom stereocenters. The molecule has 0 saturated heterocycles. The Morgan fingerprint density at radius 3 is 2.59 bits per heavy atom. The van der Waals surface area contributed by atoms with Crippen LogP contribution in [-0.4, -0.2) is 42.7 Å². The minimum atomic E-state index is -0.878. The third-order valence-electron chi connectivity index (χ3n) is 3.99. The van der Waals surface area contributed by atoms with Crippen LogP contribution in [0.5, 0.6) is 0 Å². The molecule has 5 heteroatoms.